The maximum absolute atomic E-state index is 12.6. The second-order valence-electron chi connectivity index (χ2n) is 11.0. The summed E-state index contributed by atoms with van der Waals surface area (Å²) >= 11 is 0. The molecule has 0 aliphatic carbocycles. The van der Waals surface area contributed by atoms with E-state index in [-0.39, 0.29) is 31.8 Å². The molecule has 12 heteroatoms. The van der Waals surface area contributed by atoms with Gasteiger partial charge in [-0.15, -0.1) is 0 Å². The molecule has 0 aromatic carbocycles. The van der Waals surface area contributed by atoms with E-state index in [0.29, 0.717) is 38.8 Å². The minimum absolute atomic E-state index is 0.0828. The number of carbonyl (C=O) groups is 2. The van der Waals surface area contributed by atoms with Crippen molar-refractivity contribution in [1.29, 1.82) is 0 Å². The van der Waals surface area contributed by atoms with E-state index >= 15 is 0 Å². The molecule has 3 heterocycles. The molecule has 1 unspecified atom stereocenters. The zero-order valence-corrected chi connectivity index (χ0v) is 24.0. The van der Waals surface area contributed by atoms with E-state index in [1.165, 1.54) is 0 Å². The largest absolute Gasteiger partial charge is 0.465 e. The average molecular weight is 557 g/mol. The molecule has 3 saturated heterocycles. The molecule has 3 aliphatic rings. The number of aliphatic hydroxyl groups is 1. The van der Waals surface area contributed by atoms with Crippen LogP contribution in [0.1, 0.15) is 32.6 Å². The van der Waals surface area contributed by atoms with Crippen molar-refractivity contribution >= 4 is 11.9 Å². The lowest BCUT2D eigenvalue weighted by Gasteiger charge is -2.33. The summed E-state index contributed by atoms with van der Waals surface area (Å²) < 4.78 is 17.3. The second kappa shape index (κ2) is 18.1. The van der Waals surface area contributed by atoms with E-state index in [1.807, 2.05) is 6.92 Å². The monoisotopic (exact) mass is 556 g/mol. The molecule has 0 radical (unpaired) electrons. The Kier molecular flexibility index (Phi) is 14.9. The van der Waals surface area contributed by atoms with E-state index < -0.39 is 11.7 Å². The summed E-state index contributed by atoms with van der Waals surface area (Å²) in [5.74, 6) is -0.536. The maximum Gasteiger partial charge on any atom is 0.307 e. The van der Waals surface area contributed by atoms with E-state index in [0.717, 1.165) is 85.1 Å². The van der Waals surface area contributed by atoms with E-state index in [2.05, 4.69) is 30.7 Å². The number of carbonyl (C=O) groups excluding carboxylic acids is 2. The molecular weight excluding hydrogens is 504 g/mol. The third kappa shape index (κ3) is 12.8. The van der Waals surface area contributed by atoms with Gasteiger partial charge >= 0.3 is 11.9 Å². The zero-order valence-electron chi connectivity index (χ0n) is 24.0. The Morgan fingerprint density at radius 2 is 1.13 bits per heavy atom. The van der Waals surface area contributed by atoms with Gasteiger partial charge in [0.25, 0.3) is 0 Å². The lowest BCUT2D eigenvalue weighted by Crippen LogP contribution is -2.45. The third-order valence-corrected chi connectivity index (χ3v) is 8.00. The van der Waals surface area contributed by atoms with Crippen LogP contribution in [0.2, 0.25) is 0 Å². The van der Waals surface area contributed by atoms with Crippen LogP contribution in [0, 0.1) is 5.41 Å². The van der Waals surface area contributed by atoms with E-state index in [4.69, 9.17) is 14.2 Å². The van der Waals surface area contributed by atoms with Gasteiger partial charge in [-0.1, -0.05) is 6.92 Å². The highest BCUT2D eigenvalue weighted by molar-refractivity contribution is 5.70. The summed E-state index contributed by atoms with van der Waals surface area (Å²) in [4.78, 5) is 32.0. The Morgan fingerprint density at radius 1 is 0.718 bits per heavy atom. The molecule has 3 fully saturated rings. The molecule has 0 spiro atoms. The Morgan fingerprint density at radius 3 is 1.54 bits per heavy atom. The third-order valence-electron chi connectivity index (χ3n) is 8.00. The van der Waals surface area contributed by atoms with Crippen LogP contribution in [0.4, 0.5) is 0 Å². The molecule has 12 nitrogen and oxygen atoms in total. The van der Waals surface area contributed by atoms with Gasteiger partial charge in [-0.25, -0.2) is 0 Å². The van der Waals surface area contributed by atoms with Crippen LogP contribution >= 0.6 is 0 Å². The fourth-order valence-corrected chi connectivity index (χ4v) is 5.00. The number of esters is 2. The highest BCUT2D eigenvalue weighted by Gasteiger charge is 2.34. The highest BCUT2D eigenvalue weighted by Crippen LogP contribution is 2.25. The van der Waals surface area contributed by atoms with Crippen molar-refractivity contribution in [1.82, 2.24) is 30.7 Å². The number of rotatable bonds is 17. The van der Waals surface area contributed by atoms with Crippen LogP contribution < -0.4 is 16.0 Å². The molecule has 226 valence electrons. The van der Waals surface area contributed by atoms with Gasteiger partial charge in [0.1, 0.15) is 13.2 Å². The Bertz CT molecular complexity index is 660. The van der Waals surface area contributed by atoms with E-state index in [9.17, 15) is 14.7 Å². The molecule has 0 aromatic heterocycles. The first-order valence-electron chi connectivity index (χ1n) is 14.9. The summed E-state index contributed by atoms with van der Waals surface area (Å²) in [5, 5.41) is 20.5. The lowest BCUT2D eigenvalue weighted by molar-refractivity contribution is -0.171. The van der Waals surface area contributed by atoms with Crippen molar-refractivity contribution in [2.24, 2.45) is 5.41 Å². The smallest absolute Gasteiger partial charge is 0.307 e. The fraction of sp³-hybridized carbons (Fsp3) is 0.926. The van der Waals surface area contributed by atoms with Crippen LogP contribution in [0.15, 0.2) is 0 Å². The van der Waals surface area contributed by atoms with Crippen molar-refractivity contribution in [3.05, 3.63) is 0 Å². The molecule has 0 saturated carbocycles. The predicted molar refractivity (Wildman–Crippen MR) is 148 cm³/mol. The first kappa shape index (κ1) is 32.1. The van der Waals surface area contributed by atoms with Gasteiger partial charge in [-0.2, -0.15) is 0 Å². The Hall–Kier alpha value is -1.38. The molecule has 3 aliphatic heterocycles. The van der Waals surface area contributed by atoms with Crippen LogP contribution in [0.5, 0.6) is 0 Å². The number of nitrogens with one attached hydrogen (secondary N) is 3. The highest BCUT2D eigenvalue weighted by atomic mass is 16.6. The summed E-state index contributed by atoms with van der Waals surface area (Å²) in [7, 11) is 0. The summed E-state index contributed by atoms with van der Waals surface area (Å²) in [6, 6.07) is 0. The Balaban J connectivity index is 1.47. The molecule has 0 aromatic rings. The number of piperazine rings is 3. The van der Waals surface area contributed by atoms with Crippen molar-refractivity contribution in [2.45, 2.75) is 38.9 Å². The molecule has 39 heavy (non-hydrogen) atoms. The van der Waals surface area contributed by atoms with Crippen LogP contribution in [0.3, 0.4) is 0 Å². The molecule has 3 rings (SSSR count). The van der Waals surface area contributed by atoms with Gasteiger partial charge < -0.3 is 50.0 Å². The van der Waals surface area contributed by atoms with Gasteiger partial charge in [0, 0.05) is 105 Å². The number of hydrogen-bond acceptors (Lipinski definition) is 12. The Labute approximate surface area is 234 Å². The standard InChI is InChI=1S/C27H52N6O6/c1-2-27(21-37-24(34)3-12-31-15-6-28-7-16-31,22-38-25(35)4-13-32-17-8-29-9-18-32)23-39-26(36)5-14-33-19-10-30-11-20-33/h24,28-30,34H,2-23H2,1H3. The first-order valence-corrected chi connectivity index (χ1v) is 14.9. The lowest BCUT2D eigenvalue weighted by atomic mass is 9.88. The molecule has 0 bridgehead atoms. The summed E-state index contributed by atoms with van der Waals surface area (Å²) in [5.41, 5.74) is -0.717. The van der Waals surface area contributed by atoms with Crippen LogP contribution in [-0.2, 0) is 23.8 Å². The quantitative estimate of drug-likeness (QED) is 0.125. The van der Waals surface area contributed by atoms with Crippen molar-refractivity contribution in [3.8, 4) is 0 Å². The normalized spacial score (nSPS) is 21.0. The maximum atomic E-state index is 12.6. The molecule has 1 atom stereocenters. The number of aliphatic hydroxyl groups excluding tert-OH is 1. The second-order valence-corrected chi connectivity index (χ2v) is 11.0. The predicted octanol–water partition coefficient (Wildman–Crippen LogP) is -1.31. The number of hydrogen-bond donors (Lipinski definition) is 4. The molecule has 0 amide bonds. The molecular formula is C27H52N6O6. The first-order chi connectivity index (χ1) is 19.0. The van der Waals surface area contributed by atoms with Gasteiger partial charge in [-0.05, 0) is 6.42 Å². The van der Waals surface area contributed by atoms with Crippen molar-refractivity contribution < 1.29 is 28.9 Å². The van der Waals surface area contributed by atoms with Crippen LogP contribution in [0.25, 0.3) is 0 Å². The summed E-state index contributed by atoms with van der Waals surface area (Å²) in [6.45, 7) is 15.6. The minimum Gasteiger partial charge on any atom is -0.465 e. The van der Waals surface area contributed by atoms with Crippen LogP contribution in [-0.4, -0.2) is 156 Å². The van der Waals surface area contributed by atoms with E-state index in [1.54, 1.807) is 0 Å². The molecule has 4 N–H and O–H groups in total. The average Bonchev–Trinajstić information content (AvgIpc) is 2.99. The number of nitrogens with zero attached hydrogens (tertiary/aromatic N) is 3. The SMILES string of the molecule is CCC(COC(=O)CCN1CCNCC1)(COC(=O)CCN1CCNCC1)COC(O)CCN1CCNCC1. The summed E-state index contributed by atoms with van der Waals surface area (Å²) in [6.07, 6.45) is 0.775. The minimum atomic E-state index is -0.933. The van der Waals surface area contributed by atoms with Crippen molar-refractivity contribution in [3.63, 3.8) is 0 Å². The topological polar surface area (TPSA) is 128 Å². The van der Waals surface area contributed by atoms with Gasteiger partial charge in [-0.3, -0.25) is 9.59 Å². The van der Waals surface area contributed by atoms with Gasteiger partial charge in [0.05, 0.1) is 24.9 Å². The van der Waals surface area contributed by atoms with Crippen molar-refractivity contribution in [2.75, 3.05) is 118 Å². The number of ether oxygens (including phenoxy) is 3. The van der Waals surface area contributed by atoms with Gasteiger partial charge in [0.2, 0.25) is 0 Å². The van der Waals surface area contributed by atoms with Gasteiger partial charge in [0.15, 0.2) is 6.29 Å². The zero-order chi connectivity index (χ0) is 27.8. The fourth-order valence-electron chi connectivity index (χ4n) is 5.00.